The van der Waals surface area contributed by atoms with Crippen molar-refractivity contribution in [2.24, 2.45) is 0 Å². The van der Waals surface area contributed by atoms with Crippen LogP contribution >= 0.6 is 0 Å². The third-order valence-electron chi connectivity index (χ3n) is 2.80. The molecule has 3 rings (SSSR count). The molecule has 3 aliphatic rings. The van der Waals surface area contributed by atoms with E-state index in [1.165, 1.54) is 0 Å². The summed E-state index contributed by atoms with van der Waals surface area (Å²) in [6, 6.07) is 0. The normalized spacial score (nSPS) is 31.8. The van der Waals surface area contributed by atoms with Crippen molar-refractivity contribution >= 4 is 0 Å². The summed E-state index contributed by atoms with van der Waals surface area (Å²) < 4.78 is 20.0. The highest BCUT2D eigenvalue weighted by Gasteiger charge is 2.26. The minimum Gasteiger partial charge on any atom is -0.376 e. The molecule has 0 radical (unpaired) electrons. The van der Waals surface area contributed by atoms with Crippen LogP contribution in [0, 0.1) is 0 Å². The first-order valence-electron chi connectivity index (χ1n) is 6.52. The average Bonchev–Trinajstić information content (AvgIpc) is 3.14. The van der Waals surface area contributed by atoms with Crippen molar-refractivity contribution in [2.75, 3.05) is 33.0 Å². The first-order chi connectivity index (χ1) is 8.74. The second kappa shape index (κ2) is 7.37. The lowest BCUT2D eigenvalue weighted by Gasteiger charge is -1.99. The molecule has 3 fully saturated rings. The van der Waals surface area contributed by atoms with Crippen LogP contribution in [0.15, 0.2) is 0 Å². The SMILES string of the molecule is C(OCC1CO1)C1CO1.OC(O)CCCC1CO1. The molecule has 6 nitrogen and oxygen atoms in total. The van der Waals surface area contributed by atoms with Crippen molar-refractivity contribution in [3.63, 3.8) is 0 Å². The van der Waals surface area contributed by atoms with Crippen LogP contribution in [0.4, 0.5) is 0 Å². The van der Waals surface area contributed by atoms with E-state index in [4.69, 9.17) is 29.2 Å². The van der Waals surface area contributed by atoms with Gasteiger partial charge in [0.05, 0.1) is 39.1 Å². The van der Waals surface area contributed by atoms with Gasteiger partial charge in [-0.25, -0.2) is 0 Å². The zero-order valence-electron chi connectivity index (χ0n) is 10.5. The molecule has 0 amide bonds. The molecule has 3 heterocycles. The lowest BCUT2D eigenvalue weighted by Crippen LogP contribution is -2.06. The average molecular weight is 262 g/mol. The molecule has 0 aromatic rings. The topological polar surface area (TPSA) is 87.3 Å². The highest BCUT2D eigenvalue weighted by atomic mass is 16.6. The molecule has 0 saturated carbocycles. The van der Waals surface area contributed by atoms with Crippen molar-refractivity contribution in [3.05, 3.63) is 0 Å². The number of hydrogen-bond acceptors (Lipinski definition) is 6. The Morgan fingerprint density at radius 1 is 0.944 bits per heavy atom. The number of rotatable bonds is 8. The van der Waals surface area contributed by atoms with E-state index >= 15 is 0 Å². The maximum absolute atomic E-state index is 8.40. The van der Waals surface area contributed by atoms with E-state index in [-0.39, 0.29) is 0 Å². The molecule has 0 aromatic heterocycles. The summed E-state index contributed by atoms with van der Waals surface area (Å²) in [6.07, 6.45) is 2.36. The first-order valence-corrected chi connectivity index (χ1v) is 6.52. The Kier molecular flexibility index (Phi) is 5.81. The fourth-order valence-corrected chi connectivity index (χ4v) is 1.42. The summed E-state index contributed by atoms with van der Waals surface area (Å²) in [5, 5.41) is 16.8. The maximum atomic E-state index is 8.40. The molecule has 106 valence electrons. The van der Waals surface area contributed by atoms with Crippen LogP contribution in [0.2, 0.25) is 0 Å². The van der Waals surface area contributed by atoms with Gasteiger partial charge < -0.3 is 29.2 Å². The second-order valence-electron chi connectivity index (χ2n) is 4.82. The van der Waals surface area contributed by atoms with Gasteiger partial charge in [0.2, 0.25) is 0 Å². The molecule has 3 saturated heterocycles. The van der Waals surface area contributed by atoms with Crippen LogP contribution in [0.5, 0.6) is 0 Å². The van der Waals surface area contributed by atoms with Gasteiger partial charge in [0.15, 0.2) is 6.29 Å². The van der Waals surface area contributed by atoms with Gasteiger partial charge in [-0.3, -0.25) is 0 Å². The van der Waals surface area contributed by atoms with E-state index in [0.717, 1.165) is 45.9 Å². The minimum absolute atomic E-state index is 0.392. The van der Waals surface area contributed by atoms with Gasteiger partial charge in [-0.15, -0.1) is 0 Å². The Balaban J connectivity index is 0.000000134. The number of aliphatic hydroxyl groups excluding tert-OH is 1. The monoisotopic (exact) mass is 262 g/mol. The molecule has 0 aromatic carbocycles. The smallest absolute Gasteiger partial charge is 0.151 e. The highest BCUT2D eigenvalue weighted by Crippen LogP contribution is 2.16. The number of hydrogen-bond donors (Lipinski definition) is 2. The van der Waals surface area contributed by atoms with Crippen molar-refractivity contribution in [3.8, 4) is 0 Å². The highest BCUT2D eigenvalue weighted by molar-refractivity contribution is 4.71. The van der Waals surface area contributed by atoms with Gasteiger partial charge in [0.25, 0.3) is 0 Å². The molecule has 3 unspecified atom stereocenters. The van der Waals surface area contributed by atoms with Crippen molar-refractivity contribution < 1.29 is 29.2 Å². The zero-order valence-corrected chi connectivity index (χ0v) is 10.5. The second-order valence-corrected chi connectivity index (χ2v) is 4.82. The zero-order chi connectivity index (χ0) is 12.8. The molecular weight excluding hydrogens is 240 g/mol. The molecule has 18 heavy (non-hydrogen) atoms. The molecule has 6 heteroatoms. The van der Waals surface area contributed by atoms with E-state index < -0.39 is 6.29 Å². The molecule has 0 spiro atoms. The first kappa shape index (κ1) is 14.2. The Labute approximate surface area is 107 Å². The number of aliphatic hydroxyl groups is 2. The fourth-order valence-electron chi connectivity index (χ4n) is 1.42. The quantitative estimate of drug-likeness (QED) is 0.460. The van der Waals surface area contributed by atoms with Crippen LogP contribution in [-0.4, -0.2) is 67.8 Å². The molecule has 3 atom stereocenters. The van der Waals surface area contributed by atoms with Gasteiger partial charge in [0.1, 0.15) is 12.2 Å². The van der Waals surface area contributed by atoms with Gasteiger partial charge in [0, 0.05) is 0 Å². The molecule has 2 N–H and O–H groups in total. The Morgan fingerprint density at radius 3 is 1.83 bits per heavy atom. The van der Waals surface area contributed by atoms with Crippen LogP contribution in [0.1, 0.15) is 19.3 Å². The van der Waals surface area contributed by atoms with E-state index in [0.29, 0.717) is 24.7 Å². The summed E-state index contributed by atoms with van der Waals surface area (Å²) >= 11 is 0. The van der Waals surface area contributed by atoms with Crippen LogP contribution < -0.4 is 0 Å². The van der Waals surface area contributed by atoms with Gasteiger partial charge >= 0.3 is 0 Å². The maximum Gasteiger partial charge on any atom is 0.151 e. The summed E-state index contributed by atoms with van der Waals surface area (Å²) in [5.41, 5.74) is 0. The lowest BCUT2D eigenvalue weighted by molar-refractivity contribution is -0.0467. The largest absolute Gasteiger partial charge is 0.376 e. The van der Waals surface area contributed by atoms with Gasteiger partial charge in [-0.1, -0.05) is 0 Å². The van der Waals surface area contributed by atoms with E-state index in [1.54, 1.807) is 0 Å². The number of epoxide rings is 3. The Hall–Kier alpha value is -0.240. The summed E-state index contributed by atoms with van der Waals surface area (Å²) in [7, 11) is 0. The minimum atomic E-state index is -1.14. The lowest BCUT2D eigenvalue weighted by atomic mass is 10.2. The summed E-state index contributed by atoms with van der Waals surface area (Å²) in [4.78, 5) is 0. The Morgan fingerprint density at radius 2 is 1.44 bits per heavy atom. The van der Waals surface area contributed by atoms with Crippen molar-refractivity contribution in [2.45, 2.75) is 43.9 Å². The van der Waals surface area contributed by atoms with Gasteiger partial charge in [-0.2, -0.15) is 0 Å². The van der Waals surface area contributed by atoms with Crippen LogP contribution in [0.3, 0.4) is 0 Å². The predicted octanol–water partition coefficient (Wildman–Crippen LogP) is -0.333. The van der Waals surface area contributed by atoms with Crippen molar-refractivity contribution in [1.29, 1.82) is 0 Å². The third-order valence-corrected chi connectivity index (χ3v) is 2.80. The van der Waals surface area contributed by atoms with Crippen LogP contribution in [0.25, 0.3) is 0 Å². The summed E-state index contributed by atoms with van der Waals surface area (Å²) in [6.45, 7) is 4.12. The van der Waals surface area contributed by atoms with Crippen molar-refractivity contribution in [1.82, 2.24) is 0 Å². The molecule has 3 aliphatic heterocycles. The van der Waals surface area contributed by atoms with E-state index in [2.05, 4.69) is 0 Å². The summed E-state index contributed by atoms with van der Waals surface area (Å²) in [5.74, 6) is 0. The number of ether oxygens (including phenoxy) is 4. The standard InChI is InChI=1S/C6H10O3.C6H12O3/c1(5-3-8-5)7-2-6-4-9-6;7-6(8)3-1-2-5-4-9-5/h5-6H,1-4H2;5-8H,1-4H2. The molecular formula is C12H22O6. The van der Waals surface area contributed by atoms with E-state index in [9.17, 15) is 0 Å². The molecule has 0 bridgehead atoms. The predicted molar refractivity (Wildman–Crippen MR) is 62.1 cm³/mol. The van der Waals surface area contributed by atoms with E-state index in [1.807, 2.05) is 0 Å². The fraction of sp³-hybridized carbons (Fsp3) is 1.00. The van der Waals surface area contributed by atoms with Crippen LogP contribution in [-0.2, 0) is 18.9 Å². The Bertz CT molecular complexity index is 189. The van der Waals surface area contributed by atoms with Gasteiger partial charge in [-0.05, 0) is 19.3 Å². The third kappa shape index (κ3) is 7.97. The molecule has 0 aliphatic carbocycles.